The van der Waals surface area contributed by atoms with Gasteiger partial charge in [0.1, 0.15) is 24.1 Å². The summed E-state index contributed by atoms with van der Waals surface area (Å²) in [7, 11) is 4.67. The lowest BCUT2D eigenvalue weighted by Gasteiger charge is -2.16. The molecule has 0 unspecified atom stereocenters. The minimum atomic E-state index is -0.386. The topological polar surface area (TPSA) is 62.6 Å². The highest BCUT2D eigenvalue weighted by atomic mass is 19.1. The summed E-state index contributed by atoms with van der Waals surface area (Å²) in [4.78, 5) is 13.5. The van der Waals surface area contributed by atoms with E-state index in [9.17, 15) is 14.4 Å². The van der Waals surface area contributed by atoms with Crippen LogP contribution in [0, 0.1) is 17.1 Å². The largest absolute Gasteiger partial charge is 0.493 e. The number of halogens is 1. The Kier molecular flexibility index (Phi) is 7.55. The van der Waals surface area contributed by atoms with Gasteiger partial charge in [-0.2, -0.15) is 5.26 Å². The van der Waals surface area contributed by atoms with Crippen molar-refractivity contribution in [2.45, 2.75) is 13.0 Å². The zero-order valence-electron chi connectivity index (χ0n) is 16.7. The smallest absolute Gasteiger partial charge is 0.264 e. The van der Waals surface area contributed by atoms with Gasteiger partial charge in [0.2, 0.25) is 0 Å². The molecule has 0 spiro atoms. The predicted octanol–water partition coefficient (Wildman–Crippen LogP) is 4.14. The van der Waals surface area contributed by atoms with Crippen LogP contribution in [0.2, 0.25) is 0 Å². The summed E-state index contributed by atoms with van der Waals surface area (Å²) in [5, 5.41) is 9.32. The number of ether oxygens (including phenoxy) is 2. The minimum Gasteiger partial charge on any atom is -0.493 e. The molecule has 5 nitrogen and oxygen atoms in total. The van der Waals surface area contributed by atoms with E-state index in [1.54, 1.807) is 38.4 Å². The van der Waals surface area contributed by atoms with E-state index < -0.39 is 0 Å². The van der Waals surface area contributed by atoms with Crippen LogP contribution in [0.25, 0.3) is 6.08 Å². The lowest BCUT2D eigenvalue weighted by atomic mass is 10.0. The highest BCUT2D eigenvalue weighted by Gasteiger charge is 2.15. The first-order chi connectivity index (χ1) is 13.9. The number of carbonyl (C=O) groups excluding carboxylic acids is 1. The molecule has 6 heteroatoms. The van der Waals surface area contributed by atoms with Crippen molar-refractivity contribution in [1.29, 1.82) is 5.26 Å². The predicted molar refractivity (Wildman–Crippen MR) is 110 cm³/mol. The zero-order chi connectivity index (χ0) is 21.4. The molecule has 29 heavy (non-hydrogen) atoms. The van der Waals surface area contributed by atoms with Gasteiger partial charge in [0.15, 0.2) is 11.5 Å². The van der Waals surface area contributed by atoms with Crippen molar-refractivity contribution in [2.24, 2.45) is 0 Å². The van der Waals surface area contributed by atoms with E-state index in [-0.39, 0.29) is 23.9 Å². The summed E-state index contributed by atoms with van der Waals surface area (Å²) in [6.07, 6.45) is 3.71. The van der Waals surface area contributed by atoms with E-state index in [2.05, 4.69) is 6.58 Å². The van der Waals surface area contributed by atoms with E-state index in [4.69, 9.17) is 9.47 Å². The van der Waals surface area contributed by atoms with Gasteiger partial charge in [-0.3, -0.25) is 4.79 Å². The maximum Gasteiger partial charge on any atom is 0.264 e. The van der Waals surface area contributed by atoms with Crippen molar-refractivity contribution in [3.05, 3.63) is 77.1 Å². The number of methoxy groups -OCH3 is 1. The number of amides is 1. The highest BCUT2D eigenvalue weighted by molar-refractivity contribution is 6.01. The SMILES string of the molecule is C=CCc1cc(/C=C(/C#N)C(=O)N(C)C)cc(OC)c1OCc1cccc(F)c1. The number of likely N-dealkylation sites (N-methyl/N-ethyl adjacent to an activating group) is 1. The average Bonchev–Trinajstić information content (AvgIpc) is 2.70. The fourth-order valence-electron chi connectivity index (χ4n) is 2.72. The van der Waals surface area contributed by atoms with Gasteiger partial charge in [0, 0.05) is 19.7 Å². The number of rotatable bonds is 8. The maximum atomic E-state index is 13.4. The lowest BCUT2D eigenvalue weighted by molar-refractivity contribution is -0.124. The maximum absolute atomic E-state index is 13.4. The van der Waals surface area contributed by atoms with Gasteiger partial charge in [-0.25, -0.2) is 4.39 Å². The van der Waals surface area contributed by atoms with Gasteiger partial charge < -0.3 is 14.4 Å². The molecule has 0 bridgehead atoms. The molecule has 0 aromatic heterocycles. The van der Waals surface area contributed by atoms with Crippen molar-refractivity contribution < 1.29 is 18.7 Å². The summed E-state index contributed by atoms with van der Waals surface area (Å²) >= 11 is 0. The van der Waals surface area contributed by atoms with Crippen molar-refractivity contribution in [3.63, 3.8) is 0 Å². The summed E-state index contributed by atoms with van der Waals surface area (Å²) in [5.41, 5.74) is 2.10. The lowest BCUT2D eigenvalue weighted by Crippen LogP contribution is -2.22. The third-order valence-corrected chi connectivity index (χ3v) is 4.08. The molecule has 0 fully saturated rings. The number of hydrogen-bond acceptors (Lipinski definition) is 4. The van der Waals surface area contributed by atoms with Crippen molar-refractivity contribution in [3.8, 4) is 17.6 Å². The van der Waals surface area contributed by atoms with Crippen LogP contribution in [0.5, 0.6) is 11.5 Å². The normalized spacial score (nSPS) is 10.8. The summed E-state index contributed by atoms with van der Waals surface area (Å²) in [6.45, 7) is 3.93. The van der Waals surface area contributed by atoms with E-state index in [0.29, 0.717) is 29.0 Å². The van der Waals surface area contributed by atoms with Crippen molar-refractivity contribution in [2.75, 3.05) is 21.2 Å². The standard InChI is InChI=1S/C23H23FN2O3/c1-5-7-18-10-17(11-19(14-25)23(27)26(2)3)13-21(28-4)22(18)29-15-16-8-6-9-20(24)12-16/h5-6,8-13H,1,7,15H2,2-4H3/b19-11-. The third kappa shape index (κ3) is 5.69. The number of hydrogen-bond donors (Lipinski definition) is 0. The molecule has 1 amide bonds. The summed E-state index contributed by atoms with van der Waals surface area (Å²) in [5.74, 6) is 0.232. The first-order valence-electron chi connectivity index (χ1n) is 8.92. The molecule has 0 radical (unpaired) electrons. The van der Waals surface area contributed by atoms with Gasteiger partial charge >= 0.3 is 0 Å². The number of nitrogens with zero attached hydrogens (tertiary/aromatic N) is 2. The fourth-order valence-corrected chi connectivity index (χ4v) is 2.72. The van der Waals surface area contributed by atoms with E-state index in [1.165, 1.54) is 30.2 Å². The second-order valence-corrected chi connectivity index (χ2v) is 6.49. The second-order valence-electron chi connectivity index (χ2n) is 6.49. The van der Waals surface area contributed by atoms with Crippen LogP contribution >= 0.6 is 0 Å². The molecular formula is C23H23FN2O3. The van der Waals surface area contributed by atoms with E-state index in [1.807, 2.05) is 12.1 Å². The summed E-state index contributed by atoms with van der Waals surface area (Å²) < 4.78 is 24.8. The van der Waals surface area contributed by atoms with Gasteiger partial charge in [-0.1, -0.05) is 18.2 Å². The monoisotopic (exact) mass is 394 g/mol. The molecule has 2 aromatic rings. The zero-order valence-corrected chi connectivity index (χ0v) is 16.7. The molecule has 0 N–H and O–H groups in total. The van der Waals surface area contributed by atoms with Crippen LogP contribution < -0.4 is 9.47 Å². The van der Waals surface area contributed by atoms with Crippen LogP contribution in [-0.2, 0) is 17.8 Å². The Bertz CT molecular complexity index is 975. The second kappa shape index (κ2) is 10.1. The molecule has 0 heterocycles. The Labute approximate surface area is 170 Å². The Morgan fingerprint density at radius 3 is 2.66 bits per heavy atom. The number of carbonyl (C=O) groups is 1. The number of allylic oxidation sites excluding steroid dienone is 1. The Morgan fingerprint density at radius 2 is 2.07 bits per heavy atom. The van der Waals surface area contributed by atoms with Crippen LogP contribution in [0.4, 0.5) is 4.39 Å². The fraction of sp³-hybridized carbons (Fsp3) is 0.217. The van der Waals surface area contributed by atoms with Gasteiger partial charge in [0.05, 0.1) is 7.11 Å². The molecule has 0 aliphatic rings. The number of nitriles is 1. The average molecular weight is 394 g/mol. The molecule has 0 saturated carbocycles. The molecule has 150 valence electrons. The molecule has 0 aliphatic heterocycles. The first-order valence-corrected chi connectivity index (χ1v) is 8.92. The number of benzene rings is 2. The molecule has 0 aliphatic carbocycles. The Morgan fingerprint density at radius 1 is 1.31 bits per heavy atom. The minimum absolute atomic E-state index is 0.00929. The Hall–Kier alpha value is -3.59. The third-order valence-electron chi connectivity index (χ3n) is 4.08. The van der Waals surface area contributed by atoms with Gasteiger partial charge in [-0.05, 0) is 47.9 Å². The quantitative estimate of drug-likeness (QED) is 0.384. The molecule has 0 saturated heterocycles. The van der Waals surface area contributed by atoms with E-state index in [0.717, 1.165) is 5.56 Å². The van der Waals surface area contributed by atoms with Gasteiger partial charge in [0.25, 0.3) is 5.91 Å². The Balaban J connectivity index is 2.43. The first kappa shape index (κ1) is 21.7. The van der Waals surface area contributed by atoms with Crippen molar-refractivity contribution in [1.82, 2.24) is 4.90 Å². The van der Waals surface area contributed by atoms with Crippen LogP contribution in [0.1, 0.15) is 16.7 Å². The van der Waals surface area contributed by atoms with Crippen molar-refractivity contribution >= 4 is 12.0 Å². The van der Waals surface area contributed by atoms with Crippen LogP contribution in [0.3, 0.4) is 0 Å². The summed E-state index contributed by atoms with van der Waals surface area (Å²) in [6, 6.07) is 11.6. The molecule has 2 rings (SSSR count). The molecule has 0 atom stereocenters. The van der Waals surface area contributed by atoms with E-state index >= 15 is 0 Å². The molecule has 2 aromatic carbocycles. The highest BCUT2D eigenvalue weighted by Crippen LogP contribution is 2.35. The van der Waals surface area contributed by atoms with Crippen LogP contribution in [-0.4, -0.2) is 32.0 Å². The molecular weight excluding hydrogens is 371 g/mol. The van der Waals surface area contributed by atoms with Crippen LogP contribution in [0.15, 0.2) is 54.6 Å². The van der Waals surface area contributed by atoms with Gasteiger partial charge in [-0.15, -0.1) is 6.58 Å².